The molecule has 0 saturated heterocycles. The van der Waals surface area contributed by atoms with Crippen molar-refractivity contribution in [3.05, 3.63) is 78.6 Å². The average molecular weight is 519 g/mol. The van der Waals surface area contributed by atoms with Gasteiger partial charge in [-0.2, -0.15) is 0 Å². The molecule has 0 saturated carbocycles. The summed E-state index contributed by atoms with van der Waals surface area (Å²) < 4.78 is 19.9. The van der Waals surface area contributed by atoms with Crippen molar-refractivity contribution >= 4 is 40.7 Å². The fourth-order valence-electron chi connectivity index (χ4n) is 4.20. The zero-order chi connectivity index (χ0) is 27.4. The first kappa shape index (κ1) is 26.7. The molecule has 1 aliphatic heterocycles. The summed E-state index contributed by atoms with van der Waals surface area (Å²) in [5, 5.41) is 2.47. The highest BCUT2D eigenvalue weighted by molar-refractivity contribution is 6.23. The molecule has 4 rings (SSSR count). The van der Waals surface area contributed by atoms with Crippen LogP contribution >= 0.6 is 0 Å². The summed E-state index contributed by atoms with van der Waals surface area (Å²) in [6.45, 7) is 4.32. The highest BCUT2D eigenvalue weighted by Crippen LogP contribution is 2.39. The normalized spacial score (nSPS) is 15.3. The largest absolute Gasteiger partial charge is 0.413 e. The third kappa shape index (κ3) is 5.77. The van der Waals surface area contributed by atoms with Crippen molar-refractivity contribution in [2.75, 3.05) is 35.3 Å². The lowest BCUT2D eigenvalue weighted by Gasteiger charge is -2.26. The van der Waals surface area contributed by atoms with Gasteiger partial charge in [-0.1, -0.05) is 38.1 Å². The maximum absolute atomic E-state index is 14.5. The second-order valence-electron chi connectivity index (χ2n) is 9.67. The number of nitrogens with zero attached hydrogens (tertiary/aromatic N) is 3. The predicted molar refractivity (Wildman–Crippen MR) is 146 cm³/mol. The fourth-order valence-corrected chi connectivity index (χ4v) is 4.20. The number of ether oxygens (including phenoxy) is 1. The molecule has 1 heterocycles. The molecule has 8 nitrogen and oxygen atoms in total. The van der Waals surface area contributed by atoms with E-state index in [9.17, 15) is 18.8 Å². The molecule has 38 heavy (non-hydrogen) atoms. The highest BCUT2D eigenvalue weighted by atomic mass is 19.1. The van der Waals surface area contributed by atoms with Gasteiger partial charge in [0.15, 0.2) is 6.04 Å². The van der Waals surface area contributed by atoms with Crippen molar-refractivity contribution in [1.29, 1.82) is 0 Å². The van der Waals surface area contributed by atoms with Crippen LogP contribution in [0.5, 0.6) is 5.75 Å². The van der Waals surface area contributed by atoms with Gasteiger partial charge in [0.1, 0.15) is 11.6 Å². The van der Waals surface area contributed by atoms with E-state index in [2.05, 4.69) is 5.32 Å². The predicted octanol–water partition coefficient (Wildman–Crippen LogP) is 5.11. The maximum atomic E-state index is 14.5. The fraction of sp³-hybridized carbons (Fsp3) is 0.276. The van der Waals surface area contributed by atoms with Crippen molar-refractivity contribution < 1.29 is 23.5 Å². The van der Waals surface area contributed by atoms with Crippen LogP contribution < -0.4 is 24.8 Å². The Hall–Kier alpha value is -4.40. The standard InChI is InChI=1S/C29H31FN4O4/c1-19(2)15-16-33-24-14-13-20(30)17-25(24)34(21-9-6-5-7-10-21)28(36)26(27(33)35)31-29(37)38-23-12-8-11-22(18-23)32(3)4/h5-14,17-19,26H,15-16H2,1-4H3,(H,31,37). The Bertz CT molecular complexity index is 1330. The minimum atomic E-state index is -1.60. The van der Waals surface area contributed by atoms with E-state index in [4.69, 9.17) is 4.74 Å². The molecule has 198 valence electrons. The van der Waals surface area contributed by atoms with Crippen molar-refractivity contribution in [3.63, 3.8) is 0 Å². The number of carbonyl (C=O) groups excluding carboxylic acids is 3. The molecule has 0 spiro atoms. The number of para-hydroxylation sites is 1. The van der Waals surface area contributed by atoms with Gasteiger partial charge in [0.2, 0.25) is 0 Å². The molecular weight excluding hydrogens is 487 g/mol. The van der Waals surface area contributed by atoms with Crippen molar-refractivity contribution in [2.45, 2.75) is 26.3 Å². The third-order valence-electron chi connectivity index (χ3n) is 6.20. The monoisotopic (exact) mass is 518 g/mol. The van der Waals surface area contributed by atoms with E-state index in [0.29, 0.717) is 17.8 Å². The lowest BCUT2D eigenvalue weighted by atomic mass is 10.1. The van der Waals surface area contributed by atoms with Crippen LogP contribution in [0.1, 0.15) is 20.3 Å². The van der Waals surface area contributed by atoms with Gasteiger partial charge in [0.05, 0.1) is 11.4 Å². The van der Waals surface area contributed by atoms with Gasteiger partial charge in [-0.25, -0.2) is 9.18 Å². The second kappa shape index (κ2) is 11.3. The van der Waals surface area contributed by atoms with Crippen LogP contribution in [-0.2, 0) is 9.59 Å². The Balaban J connectivity index is 1.73. The first-order valence-corrected chi connectivity index (χ1v) is 12.4. The Morgan fingerprint density at radius 2 is 1.71 bits per heavy atom. The molecule has 1 aliphatic rings. The van der Waals surface area contributed by atoms with Crippen LogP contribution in [0.3, 0.4) is 0 Å². The molecule has 0 aromatic heterocycles. The molecule has 3 amide bonds. The summed E-state index contributed by atoms with van der Waals surface area (Å²) in [5.41, 5.74) is 1.84. The van der Waals surface area contributed by atoms with Gasteiger partial charge in [0, 0.05) is 44.1 Å². The van der Waals surface area contributed by atoms with E-state index in [0.717, 1.165) is 5.69 Å². The number of hydrogen-bond donors (Lipinski definition) is 1. The molecule has 3 aromatic rings. The molecule has 1 atom stereocenters. The van der Waals surface area contributed by atoms with E-state index < -0.39 is 29.8 Å². The van der Waals surface area contributed by atoms with E-state index >= 15 is 0 Å². The summed E-state index contributed by atoms with van der Waals surface area (Å²) in [4.78, 5) is 45.3. The number of benzene rings is 3. The Morgan fingerprint density at radius 1 is 0.974 bits per heavy atom. The number of fused-ring (bicyclic) bond motifs is 1. The Morgan fingerprint density at radius 3 is 2.39 bits per heavy atom. The molecule has 0 radical (unpaired) electrons. The first-order chi connectivity index (χ1) is 18.2. The zero-order valence-electron chi connectivity index (χ0n) is 21.8. The molecule has 9 heteroatoms. The Labute approximate surface area is 221 Å². The molecule has 0 fully saturated rings. The zero-order valence-corrected chi connectivity index (χ0v) is 21.8. The van der Waals surface area contributed by atoms with Gasteiger partial charge in [0.25, 0.3) is 11.8 Å². The minimum absolute atomic E-state index is 0.217. The van der Waals surface area contributed by atoms with Gasteiger partial charge in [-0.15, -0.1) is 0 Å². The number of carbonyl (C=O) groups is 3. The van der Waals surface area contributed by atoms with E-state index in [1.54, 1.807) is 48.5 Å². The molecule has 1 unspecified atom stereocenters. The SMILES string of the molecule is CC(C)CCN1C(=O)C(NC(=O)Oc2cccc(N(C)C)c2)C(=O)N(c2ccccc2)c2cc(F)ccc21. The molecule has 0 bridgehead atoms. The molecule has 3 aromatic carbocycles. The summed E-state index contributed by atoms with van der Waals surface area (Å²) >= 11 is 0. The number of halogens is 1. The van der Waals surface area contributed by atoms with Gasteiger partial charge < -0.3 is 19.9 Å². The van der Waals surface area contributed by atoms with Crippen molar-refractivity contribution in [2.24, 2.45) is 5.92 Å². The van der Waals surface area contributed by atoms with Crippen LogP contribution in [-0.4, -0.2) is 44.6 Å². The Kier molecular flexibility index (Phi) is 7.95. The van der Waals surface area contributed by atoms with Crippen LogP contribution in [0.4, 0.5) is 31.9 Å². The number of anilines is 4. The van der Waals surface area contributed by atoms with Crippen molar-refractivity contribution in [1.82, 2.24) is 5.32 Å². The minimum Gasteiger partial charge on any atom is -0.410 e. The van der Waals surface area contributed by atoms with Crippen LogP contribution in [0.25, 0.3) is 0 Å². The number of amides is 3. The van der Waals surface area contributed by atoms with Crippen molar-refractivity contribution in [3.8, 4) is 5.75 Å². The summed E-state index contributed by atoms with van der Waals surface area (Å²) in [7, 11) is 3.71. The number of rotatable bonds is 7. The summed E-state index contributed by atoms with van der Waals surface area (Å²) in [6, 6.07) is 17.8. The molecule has 1 N–H and O–H groups in total. The van der Waals surface area contributed by atoms with Gasteiger partial charge in [-0.3, -0.25) is 14.5 Å². The van der Waals surface area contributed by atoms with Gasteiger partial charge in [-0.05, 0) is 48.7 Å². The maximum Gasteiger partial charge on any atom is 0.413 e. The van der Waals surface area contributed by atoms with Gasteiger partial charge >= 0.3 is 6.09 Å². The molecule has 0 aliphatic carbocycles. The number of nitrogens with one attached hydrogen (secondary N) is 1. The smallest absolute Gasteiger partial charge is 0.410 e. The van der Waals surface area contributed by atoms with E-state index in [1.165, 1.54) is 28.0 Å². The van der Waals surface area contributed by atoms with E-state index in [1.807, 2.05) is 38.9 Å². The van der Waals surface area contributed by atoms with Crippen LogP contribution in [0.15, 0.2) is 72.8 Å². The topological polar surface area (TPSA) is 82.2 Å². The lowest BCUT2D eigenvalue weighted by Crippen LogP contribution is -2.55. The molecular formula is C29H31FN4O4. The van der Waals surface area contributed by atoms with E-state index in [-0.39, 0.29) is 23.9 Å². The van der Waals surface area contributed by atoms with Crippen LogP contribution in [0, 0.1) is 11.7 Å². The van der Waals surface area contributed by atoms with Crippen LogP contribution in [0.2, 0.25) is 0 Å². The average Bonchev–Trinajstić information content (AvgIpc) is 2.96. The lowest BCUT2D eigenvalue weighted by molar-refractivity contribution is -0.128. The summed E-state index contributed by atoms with van der Waals surface area (Å²) in [6.07, 6.45) is -0.321. The highest BCUT2D eigenvalue weighted by Gasteiger charge is 2.42. The third-order valence-corrected chi connectivity index (χ3v) is 6.20. The quantitative estimate of drug-likeness (QED) is 0.440. The number of hydrogen-bond acceptors (Lipinski definition) is 5. The summed E-state index contributed by atoms with van der Waals surface area (Å²) in [5.74, 6) is -1.39. The first-order valence-electron chi connectivity index (χ1n) is 12.4. The second-order valence-corrected chi connectivity index (χ2v) is 9.67.